The summed E-state index contributed by atoms with van der Waals surface area (Å²) >= 11 is 0. The molecule has 0 aromatic heterocycles. The number of alkyl carbamates (subject to hydrolysis) is 1. The van der Waals surface area contributed by atoms with E-state index in [0.29, 0.717) is 32.2 Å². The number of benzene rings is 1. The fourth-order valence-corrected chi connectivity index (χ4v) is 7.15. The highest BCUT2D eigenvalue weighted by Gasteiger charge is 2.69. The molecule has 1 N–H and O–H groups in total. The number of carbonyl (C=O) groups is 5. The molecule has 0 spiro atoms. The number of fused-ring (bicyclic) bond motifs is 2. The Morgan fingerprint density at radius 1 is 1.05 bits per heavy atom. The van der Waals surface area contributed by atoms with Crippen LogP contribution in [-0.2, 0) is 36.8 Å². The predicted molar refractivity (Wildman–Crippen MR) is 155 cm³/mol. The van der Waals surface area contributed by atoms with E-state index in [9.17, 15) is 24.0 Å². The van der Waals surface area contributed by atoms with Crippen LogP contribution in [0.5, 0.6) is 0 Å². The maximum atomic E-state index is 14.4. The lowest BCUT2D eigenvalue weighted by Gasteiger charge is -2.35. The van der Waals surface area contributed by atoms with Crippen LogP contribution in [0.3, 0.4) is 0 Å². The average molecular weight is 567 g/mol. The van der Waals surface area contributed by atoms with Crippen LogP contribution in [0.1, 0.15) is 85.3 Å². The highest BCUT2D eigenvalue weighted by Crippen LogP contribution is 2.65. The fraction of sp³-hybridized carbons (Fsp3) is 0.667. The number of carbonyl (C=O) groups excluding carboxylic acids is 5. The Balaban J connectivity index is 1.60. The Morgan fingerprint density at radius 3 is 2.20 bits per heavy atom. The van der Waals surface area contributed by atoms with Gasteiger partial charge < -0.3 is 15.0 Å². The van der Waals surface area contributed by atoms with Gasteiger partial charge in [0.1, 0.15) is 11.6 Å². The Bertz CT molecular complexity index is 1190. The number of nitrogens with one attached hydrogen (secondary N) is 1. The van der Waals surface area contributed by atoms with Crippen molar-refractivity contribution in [3.8, 4) is 0 Å². The summed E-state index contributed by atoms with van der Waals surface area (Å²) in [6.45, 7) is 13.6. The van der Waals surface area contributed by atoms with Crippen molar-refractivity contribution >= 4 is 29.4 Å². The maximum Gasteiger partial charge on any atom is 0.408 e. The van der Waals surface area contributed by atoms with Gasteiger partial charge in [-0.05, 0) is 74.3 Å². The molecule has 1 aromatic carbocycles. The molecular formula is C33H46N2O6. The average Bonchev–Trinajstić information content (AvgIpc) is 3.28. The van der Waals surface area contributed by atoms with Gasteiger partial charge in [0, 0.05) is 25.3 Å². The van der Waals surface area contributed by atoms with Crippen molar-refractivity contribution in [1.29, 1.82) is 0 Å². The molecular weight excluding hydrogens is 520 g/mol. The van der Waals surface area contributed by atoms with E-state index >= 15 is 0 Å². The van der Waals surface area contributed by atoms with Crippen LogP contribution in [0, 0.1) is 29.1 Å². The van der Waals surface area contributed by atoms with Crippen LogP contribution in [0.25, 0.3) is 0 Å². The Labute approximate surface area is 243 Å². The van der Waals surface area contributed by atoms with Crippen LogP contribution in [-0.4, -0.2) is 58.5 Å². The van der Waals surface area contributed by atoms with Crippen molar-refractivity contribution in [3.05, 3.63) is 35.4 Å². The smallest absolute Gasteiger partial charge is 0.408 e. The second kappa shape index (κ2) is 11.7. The first-order valence-corrected chi connectivity index (χ1v) is 15.2. The Morgan fingerprint density at radius 2 is 1.66 bits per heavy atom. The molecule has 1 saturated heterocycles. The third-order valence-electron chi connectivity index (χ3n) is 9.37. The standard InChI is InChI=1S/C33H46N2O6/c1-8-12-21(29(38)24(36)9-2)17-25(37)28-26-23(33(26,6)7)18-35(28)30(39)27(34-31(40)41-32(3,4)5)22-15-19-13-10-11-14-20(19)16-22/h10-11,13-14,21-23,26-28H,8-9,12,15-18H2,1-7H3,(H,34,40)/t21?,23-,26-,27-,28+/m0/s1. The van der Waals surface area contributed by atoms with Crippen LogP contribution < -0.4 is 5.32 Å². The molecule has 1 unspecified atom stereocenters. The summed E-state index contributed by atoms with van der Waals surface area (Å²) in [6, 6.07) is 6.50. The SMILES string of the molecule is CCCC(CC(=O)[C@@H]1[C@@H]2[C@H](CN1C(=O)[C@@H](NC(=O)OC(C)(C)C)C1Cc3ccccc3C1)C2(C)C)C(=O)C(=O)CC. The third kappa shape index (κ3) is 6.41. The molecule has 5 atom stereocenters. The second-order valence-corrected chi connectivity index (χ2v) is 13.7. The molecule has 3 aliphatic rings. The number of ketones is 3. The molecule has 1 heterocycles. The van der Waals surface area contributed by atoms with E-state index in [-0.39, 0.29) is 47.7 Å². The molecule has 0 radical (unpaired) electrons. The number of amides is 2. The van der Waals surface area contributed by atoms with Gasteiger partial charge in [0.05, 0.1) is 6.04 Å². The first-order chi connectivity index (χ1) is 19.2. The molecule has 1 aromatic rings. The number of hydrogen-bond donors (Lipinski definition) is 1. The summed E-state index contributed by atoms with van der Waals surface area (Å²) in [5.74, 6) is -2.08. The monoisotopic (exact) mass is 566 g/mol. The van der Waals surface area contributed by atoms with E-state index < -0.39 is 41.3 Å². The van der Waals surface area contributed by atoms with Gasteiger partial charge in [-0.25, -0.2) is 4.79 Å². The molecule has 2 aliphatic carbocycles. The number of piperidine rings is 1. The minimum absolute atomic E-state index is 0.0128. The zero-order valence-corrected chi connectivity index (χ0v) is 25.6. The lowest BCUT2D eigenvalue weighted by molar-refractivity contribution is -0.144. The summed E-state index contributed by atoms with van der Waals surface area (Å²) in [6.07, 6.45) is 1.81. The number of rotatable bonds is 11. The van der Waals surface area contributed by atoms with Gasteiger partial charge >= 0.3 is 6.09 Å². The van der Waals surface area contributed by atoms with Crippen molar-refractivity contribution in [2.45, 2.75) is 105 Å². The summed E-state index contributed by atoms with van der Waals surface area (Å²) in [5, 5.41) is 2.88. The van der Waals surface area contributed by atoms with Crippen molar-refractivity contribution in [3.63, 3.8) is 0 Å². The Kier molecular flexibility index (Phi) is 8.81. The molecule has 2 amide bonds. The predicted octanol–water partition coefficient (Wildman–Crippen LogP) is 4.70. The van der Waals surface area contributed by atoms with Crippen molar-refractivity contribution in [1.82, 2.24) is 10.2 Å². The Hall–Kier alpha value is -3.03. The van der Waals surface area contributed by atoms with Crippen molar-refractivity contribution < 1.29 is 28.7 Å². The van der Waals surface area contributed by atoms with Crippen LogP contribution in [0.2, 0.25) is 0 Å². The minimum atomic E-state index is -0.858. The fourth-order valence-electron chi connectivity index (χ4n) is 7.15. The van der Waals surface area contributed by atoms with E-state index in [1.807, 2.05) is 31.2 Å². The zero-order valence-electron chi connectivity index (χ0n) is 25.6. The molecule has 41 heavy (non-hydrogen) atoms. The zero-order chi connectivity index (χ0) is 30.3. The molecule has 1 saturated carbocycles. The maximum absolute atomic E-state index is 14.4. The van der Waals surface area contributed by atoms with E-state index in [1.54, 1.807) is 32.6 Å². The summed E-state index contributed by atoms with van der Waals surface area (Å²) in [4.78, 5) is 68.0. The summed E-state index contributed by atoms with van der Waals surface area (Å²) < 4.78 is 5.54. The lowest BCUT2D eigenvalue weighted by Crippen LogP contribution is -2.57. The van der Waals surface area contributed by atoms with Gasteiger partial charge in [-0.2, -0.15) is 0 Å². The third-order valence-corrected chi connectivity index (χ3v) is 9.37. The molecule has 0 bridgehead atoms. The van der Waals surface area contributed by atoms with Crippen LogP contribution in [0.4, 0.5) is 4.79 Å². The minimum Gasteiger partial charge on any atom is -0.444 e. The van der Waals surface area contributed by atoms with E-state index in [0.717, 1.165) is 11.1 Å². The molecule has 4 rings (SSSR count). The van der Waals surface area contributed by atoms with Gasteiger partial charge in [-0.15, -0.1) is 0 Å². The largest absolute Gasteiger partial charge is 0.444 e. The van der Waals surface area contributed by atoms with E-state index in [2.05, 4.69) is 19.2 Å². The van der Waals surface area contributed by atoms with Gasteiger partial charge in [-0.1, -0.05) is 58.4 Å². The molecule has 8 nitrogen and oxygen atoms in total. The molecule has 1 aliphatic heterocycles. The van der Waals surface area contributed by atoms with Gasteiger partial charge in [0.25, 0.3) is 0 Å². The first kappa shape index (κ1) is 30.9. The highest BCUT2D eigenvalue weighted by atomic mass is 16.6. The van der Waals surface area contributed by atoms with Gasteiger partial charge in [-0.3, -0.25) is 19.2 Å². The number of nitrogens with zero attached hydrogens (tertiary/aromatic N) is 1. The number of Topliss-reactive ketones (excluding diaryl/α,β-unsaturated/α-hetero) is 3. The van der Waals surface area contributed by atoms with E-state index in [4.69, 9.17) is 4.74 Å². The van der Waals surface area contributed by atoms with Gasteiger partial charge in [0.2, 0.25) is 11.7 Å². The normalized spacial score (nSPS) is 24.2. The first-order valence-electron chi connectivity index (χ1n) is 15.2. The molecule has 8 heteroatoms. The quantitative estimate of drug-likeness (QED) is 0.389. The molecule has 224 valence electrons. The molecule has 2 fully saturated rings. The lowest BCUT2D eigenvalue weighted by atomic mass is 9.86. The van der Waals surface area contributed by atoms with Gasteiger partial charge in [0.15, 0.2) is 11.6 Å². The number of hydrogen-bond acceptors (Lipinski definition) is 6. The number of likely N-dealkylation sites (tertiary alicyclic amines) is 1. The summed E-state index contributed by atoms with van der Waals surface area (Å²) in [7, 11) is 0. The van der Waals surface area contributed by atoms with E-state index in [1.165, 1.54) is 0 Å². The number of ether oxygens (including phenoxy) is 1. The van der Waals surface area contributed by atoms with Crippen LogP contribution >= 0.6 is 0 Å². The topological polar surface area (TPSA) is 110 Å². The van der Waals surface area contributed by atoms with Crippen molar-refractivity contribution in [2.75, 3.05) is 6.54 Å². The highest BCUT2D eigenvalue weighted by molar-refractivity contribution is 6.38. The second-order valence-electron chi connectivity index (χ2n) is 13.7. The summed E-state index contributed by atoms with van der Waals surface area (Å²) in [5.41, 5.74) is 1.48. The van der Waals surface area contributed by atoms with Crippen LogP contribution in [0.15, 0.2) is 24.3 Å². The van der Waals surface area contributed by atoms with Crippen molar-refractivity contribution in [2.24, 2.45) is 29.1 Å².